The number of carbonyl (C=O) groups is 2. The van der Waals surface area contributed by atoms with Crippen LogP contribution in [0.25, 0.3) is 0 Å². The molecule has 0 bridgehead atoms. The number of hydrogen-bond acceptors (Lipinski definition) is 6. The fourth-order valence-corrected chi connectivity index (χ4v) is 5.43. The number of benzene rings is 2. The number of sulfonamides is 1. The van der Waals surface area contributed by atoms with Crippen LogP contribution < -0.4 is 14.2 Å². The van der Waals surface area contributed by atoms with Gasteiger partial charge in [-0.25, -0.2) is 13.1 Å². The lowest BCUT2D eigenvalue weighted by molar-refractivity contribution is -0.158. The molecule has 0 spiro atoms. The Balaban J connectivity index is 1.57. The minimum atomic E-state index is -4.26. The van der Waals surface area contributed by atoms with Crippen molar-refractivity contribution in [3.05, 3.63) is 54.1 Å². The van der Waals surface area contributed by atoms with E-state index in [4.69, 9.17) is 9.47 Å². The number of methoxy groups -OCH3 is 2. The van der Waals surface area contributed by atoms with Gasteiger partial charge in [-0.05, 0) is 43.9 Å². The molecule has 0 radical (unpaired) electrons. The molecule has 2 aromatic rings. The zero-order valence-electron chi connectivity index (χ0n) is 18.3. The molecule has 32 heavy (non-hydrogen) atoms. The molecule has 1 heterocycles. The molecule has 2 aromatic carbocycles. The van der Waals surface area contributed by atoms with Crippen molar-refractivity contribution < 1.29 is 27.5 Å². The number of nitrogens with one attached hydrogen (secondary N) is 1. The molecule has 4 rings (SSSR count). The standard InChI is InChI=1S/C23H26N2O6S/c1-22(13-14-25(22)21(27)23(11-12-23)16-7-5-4-6-8-16)20(26)24-32(28,29)19-15-17(30-2)9-10-18(19)31-3/h4-10,15H,11-14H2,1-3H3,(H,24,26). The van der Waals surface area contributed by atoms with Crippen LogP contribution in [0.2, 0.25) is 0 Å². The number of nitrogens with zero attached hydrogens (tertiary/aromatic N) is 1. The summed E-state index contributed by atoms with van der Waals surface area (Å²) in [6, 6.07) is 13.8. The molecule has 8 nitrogen and oxygen atoms in total. The molecule has 170 valence electrons. The van der Waals surface area contributed by atoms with Gasteiger partial charge in [0.05, 0.1) is 19.6 Å². The first kappa shape index (κ1) is 22.1. The third kappa shape index (κ3) is 3.50. The normalized spacial score (nSPS) is 21.3. The molecular formula is C23H26N2O6S. The van der Waals surface area contributed by atoms with Gasteiger partial charge in [0.15, 0.2) is 0 Å². The summed E-state index contributed by atoms with van der Waals surface area (Å²) in [6.45, 7) is 2.00. The van der Waals surface area contributed by atoms with Crippen molar-refractivity contribution in [3.8, 4) is 11.5 Å². The Morgan fingerprint density at radius 3 is 2.22 bits per heavy atom. The first-order valence-corrected chi connectivity index (χ1v) is 11.8. The average Bonchev–Trinajstić information content (AvgIpc) is 3.59. The summed E-state index contributed by atoms with van der Waals surface area (Å²) in [7, 11) is -1.50. The average molecular weight is 459 g/mol. The van der Waals surface area contributed by atoms with Crippen LogP contribution in [-0.2, 0) is 25.0 Å². The largest absolute Gasteiger partial charge is 0.497 e. The van der Waals surface area contributed by atoms with E-state index >= 15 is 0 Å². The van der Waals surface area contributed by atoms with Crippen molar-refractivity contribution in [3.63, 3.8) is 0 Å². The van der Waals surface area contributed by atoms with Crippen LogP contribution >= 0.6 is 0 Å². The Bertz CT molecular complexity index is 1160. The fraction of sp³-hybridized carbons (Fsp3) is 0.391. The van der Waals surface area contributed by atoms with E-state index in [9.17, 15) is 18.0 Å². The molecule has 0 aromatic heterocycles. The zero-order chi connectivity index (χ0) is 23.1. The predicted molar refractivity (Wildman–Crippen MR) is 117 cm³/mol. The Hall–Kier alpha value is -3.07. The molecule has 1 aliphatic carbocycles. The third-order valence-corrected chi connectivity index (χ3v) is 7.88. The van der Waals surface area contributed by atoms with E-state index in [-0.39, 0.29) is 16.6 Å². The van der Waals surface area contributed by atoms with E-state index in [1.807, 2.05) is 30.3 Å². The minimum absolute atomic E-state index is 0.0822. The second kappa shape index (κ2) is 7.81. The van der Waals surface area contributed by atoms with E-state index in [0.29, 0.717) is 31.6 Å². The van der Waals surface area contributed by atoms with Crippen molar-refractivity contribution in [2.24, 2.45) is 0 Å². The Morgan fingerprint density at radius 2 is 1.69 bits per heavy atom. The summed E-state index contributed by atoms with van der Waals surface area (Å²) >= 11 is 0. The summed E-state index contributed by atoms with van der Waals surface area (Å²) in [5.74, 6) is -0.489. The highest BCUT2D eigenvalue weighted by Crippen LogP contribution is 2.51. The van der Waals surface area contributed by atoms with Crippen molar-refractivity contribution in [2.75, 3.05) is 20.8 Å². The second-order valence-corrected chi connectivity index (χ2v) is 10.0. The maximum Gasteiger partial charge on any atom is 0.267 e. The first-order valence-electron chi connectivity index (χ1n) is 10.3. The van der Waals surface area contributed by atoms with Crippen molar-refractivity contribution in [1.82, 2.24) is 9.62 Å². The first-order chi connectivity index (χ1) is 15.2. The van der Waals surface area contributed by atoms with Crippen LogP contribution in [0.3, 0.4) is 0 Å². The van der Waals surface area contributed by atoms with Gasteiger partial charge in [-0.15, -0.1) is 0 Å². The number of amides is 2. The van der Waals surface area contributed by atoms with Crippen LogP contribution in [0, 0.1) is 0 Å². The molecule has 1 saturated heterocycles. The minimum Gasteiger partial charge on any atom is -0.497 e. The van der Waals surface area contributed by atoms with Crippen molar-refractivity contribution >= 4 is 21.8 Å². The Morgan fingerprint density at radius 1 is 1.00 bits per heavy atom. The number of ether oxygens (including phenoxy) is 2. The van der Waals surface area contributed by atoms with E-state index in [1.165, 1.54) is 31.3 Å². The molecule has 1 N–H and O–H groups in total. The van der Waals surface area contributed by atoms with Gasteiger partial charge in [0.25, 0.3) is 15.9 Å². The monoisotopic (exact) mass is 458 g/mol. The highest BCUT2D eigenvalue weighted by Gasteiger charge is 2.60. The number of hydrogen-bond donors (Lipinski definition) is 1. The van der Waals surface area contributed by atoms with Crippen LogP contribution in [0.4, 0.5) is 0 Å². The van der Waals surface area contributed by atoms with Gasteiger partial charge in [0, 0.05) is 12.6 Å². The summed E-state index contributed by atoms with van der Waals surface area (Å²) in [6.07, 6.45) is 1.80. The van der Waals surface area contributed by atoms with Crippen LogP contribution in [0.15, 0.2) is 53.4 Å². The smallest absolute Gasteiger partial charge is 0.267 e. The number of carbonyl (C=O) groups excluding carboxylic acids is 2. The lowest BCUT2D eigenvalue weighted by Gasteiger charge is -2.50. The summed E-state index contributed by atoms with van der Waals surface area (Å²) in [5.41, 5.74) is -0.952. The van der Waals surface area contributed by atoms with Crippen molar-refractivity contribution in [1.29, 1.82) is 0 Å². The highest BCUT2D eigenvalue weighted by molar-refractivity contribution is 7.90. The van der Waals surface area contributed by atoms with Crippen LogP contribution in [0.5, 0.6) is 11.5 Å². The van der Waals surface area contributed by atoms with E-state index in [1.54, 1.807) is 13.0 Å². The Labute approximate surface area is 187 Å². The van der Waals surface area contributed by atoms with E-state index < -0.39 is 26.9 Å². The second-order valence-electron chi connectivity index (χ2n) is 8.38. The molecule has 1 aliphatic heterocycles. The van der Waals surface area contributed by atoms with E-state index in [0.717, 1.165) is 5.56 Å². The van der Waals surface area contributed by atoms with Gasteiger partial charge in [-0.1, -0.05) is 30.3 Å². The van der Waals surface area contributed by atoms with Crippen molar-refractivity contribution in [2.45, 2.75) is 42.0 Å². The van der Waals surface area contributed by atoms with Gasteiger partial charge in [-0.3, -0.25) is 9.59 Å². The van der Waals surface area contributed by atoms with Gasteiger partial charge >= 0.3 is 0 Å². The molecule has 2 aliphatic rings. The molecular weight excluding hydrogens is 432 g/mol. The lowest BCUT2D eigenvalue weighted by atomic mass is 9.82. The SMILES string of the molecule is COc1ccc(OC)c(S(=O)(=O)NC(=O)C2(C)CCN2C(=O)C2(c3ccccc3)CC2)c1. The zero-order valence-corrected chi connectivity index (χ0v) is 19.1. The van der Waals surface area contributed by atoms with Crippen LogP contribution in [-0.4, -0.2) is 51.4 Å². The topological polar surface area (TPSA) is 102 Å². The predicted octanol–water partition coefficient (Wildman–Crippen LogP) is 2.23. The van der Waals surface area contributed by atoms with Gasteiger partial charge in [-0.2, -0.15) is 0 Å². The van der Waals surface area contributed by atoms with Crippen LogP contribution in [0.1, 0.15) is 31.7 Å². The fourth-order valence-electron chi connectivity index (χ4n) is 4.17. The molecule has 1 atom stereocenters. The van der Waals surface area contributed by atoms with Gasteiger partial charge < -0.3 is 14.4 Å². The molecule has 9 heteroatoms. The summed E-state index contributed by atoms with van der Waals surface area (Å²) < 4.78 is 38.4. The molecule has 1 saturated carbocycles. The summed E-state index contributed by atoms with van der Waals surface area (Å²) in [4.78, 5) is 27.8. The molecule has 2 amide bonds. The molecule has 1 unspecified atom stereocenters. The Kier molecular flexibility index (Phi) is 5.40. The van der Waals surface area contributed by atoms with Gasteiger partial charge in [0.2, 0.25) is 5.91 Å². The van der Waals surface area contributed by atoms with Gasteiger partial charge in [0.1, 0.15) is 21.9 Å². The number of rotatable bonds is 7. The lowest BCUT2D eigenvalue weighted by Crippen LogP contribution is -2.69. The maximum atomic E-state index is 13.4. The maximum absolute atomic E-state index is 13.4. The highest BCUT2D eigenvalue weighted by atomic mass is 32.2. The molecule has 2 fully saturated rings. The quantitative estimate of drug-likeness (QED) is 0.683. The third-order valence-electron chi connectivity index (χ3n) is 6.53. The number of likely N-dealkylation sites (tertiary alicyclic amines) is 1. The van der Waals surface area contributed by atoms with E-state index in [2.05, 4.69) is 4.72 Å². The summed E-state index contributed by atoms with van der Waals surface area (Å²) in [5, 5.41) is 0.